The summed E-state index contributed by atoms with van der Waals surface area (Å²) in [5, 5.41) is 10.7. The Morgan fingerprint density at radius 3 is 2.50 bits per heavy atom. The first-order chi connectivity index (χ1) is 19.5. The van der Waals surface area contributed by atoms with E-state index in [0.717, 1.165) is 37.7 Å². The van der Waals surface area contributed by atoms with Crippen molar-refractivity contribution in [3.05, 3.63) is 60.2 Å². The summed E-state index contributed by atoms with van der Waals surface area (Å²) in [5.41, 5.74) is -0.283. The quantitative estimate of drug-likeness (QED) is 0.531. The minimum Gasteiger partial charge on any atom is -0.394 e. The Kier molecular flexibility index (Phi) is 7.57. The lowest BCUT2D eigenvalue weighted by molar-refractivity contribution is -0.153. The normalized spacial score (nSPS) is 33.0. The second-order valence-corrected chi connectivity index (χ2v) is 12.0. The van der Waals surface area contributed by atoms with Gasteiger partial charge in [-0.25, -0.2) is 0 Å². The predicted octanol–water partition coefficient (Wildman–Crippen LogP) is 2.71. The second-order valence-electron chi connectivity index (χ2n) is 12.0. The van der Waals surface area contributed by atoms with Crippen LogP contribution in [0.5, 0.6) is 0 Å². The van der Waals surface area contributed by atoms with Gasteiger partial charge in [0.2, 0.25) is 17.7 Å². The molecule has 1 aromatic carbocycles. The van der Waals surface area contributed by atoms with Crippen LogP contribution in [0.15, 0.2) is 54.6 Å². The van der Waals surface area contributed by atoms with Crippen molar-refractivity contribution in [2.45, 2.75) is 81.7 Å². The van der Waals surface area contributed by atoms with Gasteiger partial charge in [-0.15, -0.1) is 0 Å². The van der Waals surface area contributed by atoms with E-state index in [0.29, 0.717) is 26.1 Å². The molecule has 4 heterocycles. The number of hydrogen-bond donors (Lipinski definition) is 1. The summed E-state index contributed by atoms with van der Waals surface area (Å²) in [4.78, 5) is 48.5. The second kappa shape index (κ2) is 11.1. The van der Waals surface area contributed by atoms with Crippen LogP contribution in [0.1, 0.15) is 51.0 Å². The van der Waals surface area contributed by atoms with Gasteiger partial charge < -0.3 is 24.5 Å². The molecule has 5 aliphatic rings. The lowest BCUT2D eigenvalue weighted by atomic mass is 9.77. The van der Waals surface area contributed by atoms with Crippen LogP contribution < -0.4 is 0 Å². The third-order valence-corrected chi connectivity index (χ3v) is 9.64. The number of carbonyl (C=O) groups excluding carboxylic acids is 3. The Morgan fingerprint density at radius 2 is 1.77 bits per heavy atom. The number of amides is 3. The molecule has 0 radical (unpaired) electrons. The summed E-state index contributed by atoms with van der Waals surface area (Å²) in [5.74, 6) is -2.02. The molecule has 0 bridgehead atoms. The van der Waals surface area contributed by atoms with Crippen LogP contribution in [0.4, 0.5) is 0 Å². The van der Waals surface area contributed by atoms with E-state index in [1.165, 1.54) is 6.42 Å². The van der Waals surface area contributed by atoms with E-state index >= 15 is 0 Å². The SMILES string of the molecule is CCCN1CC=C[C@@H]2O[C@]34C=CCN(C5CCCCC5)C(=O)C3N([C@@H](CO)Cc3ccccc3)C(=O)[C@@H]4[C@@H]2C1=O. The van der Waals surface area contributed by atoms with E-state index in [1.807, 2.05) is 66.5 Å². The monoisotopic (exact) mass is 547 g/mol. The maximum atomic E-state index is 14.6. The van der Waals surface area contributed by atoms with Crippen LogP contribution >= 0.6 is 0 Å². The van der Waals surface area contributed by atoms with Crippen molar-refractivity contribution in [3.63, 3.8) is 0 Å². The first kappa shape index (κ1) is 27.2. The maximum Gasteiger partial charge on any atom is 0.249 e. The summed E-state index contributed by atoms with van der Waals surface area (Å²) < 4.78 is 6.78. The van der Waals surface area contributed by atoms with Gasteiger partial charge in [0.25, 0.3) is 0 Å². The van der Waals surface area contributed by atoms with Crippen molar-refractivity contribution in [3.8, 4) is 0 Å². The highest BCUT2D eigenvalue weighted by Gasteiger charge is 2.72. The molecule has 2 saturated heterocycles. The molecule has 40 heavy (non-hydrogen) atoms. The number of benzene rings is 1. The Labute approximate surface area is 236 Å². The summed E-state index contributed by atoms with van der Waals surface area (Å²) in [7, 11) is 0. The van der Waals surface area contributed by atoms with Gasteiger partial charge in [0.05, 0.1) is 30.6 Å². The summed E-state index contributed by atoms with van der Waals surface area (Å²) >= 11 is 0. The molecule has 6 rings (SSSR count). The van der Waals surface area contributed by atoms with Gasteiger partial charge in [-0.05, 0) is 31.2 Å². The zero-order valence-electron chi connectivity index (χ0n) is 23.4. The first-order valence-corrected chi connectivity index (χ1v) is 15.1. The molecule has 3 fully saturated rings. The minimum atomic E-state index is -1.26. The molecule has 8 heteroatoms. The van der Waals surface area contributed by atoms with E-state index in [-0.39, 0.29) is 30.4 Å². The topological polar surface area (TPSA) is 90.4 Å². The third-order valence-electron chi connectivity index (χ3n) is 9.64. The number of ether oxygens (including phenoxy) is 1. The Hall–Kier alpha value is -2.97. The highest BCUT2D eigenvalue weighted by molar-refractivity contribution is 6.00. The number of likely N-dealkylation sites (tertiary alicyclic amines) is 1. The molecular formula is C32H41N3O5. The van der Waals surface area contributed by atoms with Gasteiger partial charge in [-0.2, -0.15) is 0 Å². The molecule has 1 aromatic rings. The van der Waals surface area contributed by atoms with E-state index in [9.17, 15) is 19.5 Å². The van der Waals surface area contributed by atoms with Crippen molar-refractivity contribution in [1.82, 2.24) is 14.7 Å². The van der Waals surface area contributed by atoms with Crippen molar-refractivity contribution >= 4 is 17.7 Å². The molecule has 4 aliphatic heterocycles. The molecule has 8 nitrogen and oxygen atoms in total. The average Bonchev–Trinajstić information content (AvgIpc) is 3.30. The maximum absolute atomic E-state index is 14.6. The molecule has 1 unspecified atom stereocenters. The molecule has 1 spiro atoms. The van der Waals surface area contributed by atoms with E-state index < -0.39 is 35.6 Å². The van der Waals surface area contributed by atoms with Gasteiger partial charge in [-0.3, -0.25) is 14.4 Å². The van der Waals surface area contributed by atoms with Gasteiger partial charge >= 0.3 is 0 Å². The zero-order chi connectivity index (χ0) is 27.9. The van der Waals surface area contributed by atoms with Crippen LogP contribution in [0, 0.1) is 11.8 Å². The van der Waals surface area contributed by atoms with Gasteiger partial charge in [0, 0.05) is 25.7 Å². The van der Waals surface area contributed by atoms with Gasteiger partial charge in [-0.1, -0.05) is 80.8 Å². The molecule has 1 aliphatic carbocycles. The molecular weight excluding hydrogens is 506 g/mol. The average molecular weight is 548 g/mol. The number of aliphatic hydroxyl groups excluding tert-OH is 1. The smallest absolute Gasteiger partial charge is 0.249 e. The van der Waals surface area contributed by atoms with Crippen molar-refractivity contribution < 1.29 is 24.2 Å². The number of rotatable bonds is 7. The standard InChI is InChI=1S/C32H41N3O5/c1-2-17-33-18-9-15-25-26(29(33)37)27-30(38)35(24(21-36)20-22-11-5-3-6-12-22)28-31(39)34(23-13-7-4-8-14-23)19-10-16-32(27,28)40-25/h3,5-6,9-12,15-16,23-28,36H,2,4,7-8,13-14,17-21H2,1H3/t24-,25+,26-,27+,28?,32+/m1/s1. The van der Waals surface area contributed by atoms with Gasteiger partial charge in [0.15, 0.2) is 0 Å². The predicted molar refractivity (Wildman–Crippen MR) is 150 cm³/mol. The summed E-state index contributed by atoms with van der Waals surface area (Å²) in [6.07, 6.45) is 13.6. The fourth-order valence-corrected chi connectivity index (χ4v) is 7.87. The molecule has 1 N–H and O–H groups in total. The minimum absolute atomic E-state index is 0.0921. The fourth-order valence-electron chi connectivity index (χ4n) is 7.87. The van der Waals surface area contributed by atoms with Crippen LogP contribution in [0.3, 0.4) is 0 Å². The van der Waals surface area contributed by atoms with Crippen molar-refractivity contribution in [2.75, 3.05) is 26.2 Å². The number of hydrogen-bond acceptors (Lipinski definition) is 5. The Balaban J connectivity index is 1.44. The molecule has 0 aromatic heterocycles. The molecule has 6 atom stereocenters. The van der Waals surface area contributed by atoms with E-state index in [2.05, 4.69) is 0 Å². The molecule has 1 saturated carbocycles. The van der Waals surface area contributed by atoms with E-state index in [1.54, 1.807) is 9.80 Å². The number of carbonyl (C=O) groups is 3. The van der Waals surface area contributed by atoms with Gasteiger partial charge in [0.1, 0.15) is 11.6 Å². The lowest BCUT2D eigenvalue weighted by Crippen LogP contribution is -2.60. The number of nitrogens with zero attached hydrogens (tertiary/aromatic N) is 3. The Morgan fingerprint density at radius 1 is 1.00 bits per heavy atom. The van der Waals surface area contributed by atoms with Crippen molar-refractivity contribution in [1.29, 1.82) is 0 Å². The van der Waals surface area contributed by atoms with Crippen LogP contribution in [0.2, 0.25) is 0 Å². The first-order valence-electron chi connectivity index (χ1n) is 15.1. The fraction of sp³-hybridized carbons (Fsp3) is 0.594. The van der Waals surface area contributed by atoms with Crippen LogP contribution in [-0.4, -0.2) is 93.6 Å². The summed E-state index contributed by atoms with van der Waals surface area (Å²) in [6, 6.07) is 8.31. The number of aliphatic hydroxyl groups is 1. The molecule has 3 amide bonds. The molecule has 214 valence electrons. The zero-order valence-corrected chi connectivity index (χ0v) is 23.4. The number of fused-ring (bicyclic) bond motifs is 2. The highest BCUT2D eigenvalue weighted by atomic mass is 16.5. The highest BCUT2D eigenvalue weighted by Crippen LogP contribution is 2.54. The Bertz CT molecular complexity index is 1180. The van der Waals surface area contributed by atoms with Crippen molar-refractivity contribution in [2.24, 2.45) is 11.8 Å². The van der Waals surface area contributed by atoms with Crippen LogP contribution in [0.25, 0.3) is 0 Å². The summed E-state index contributed by atoms with van der Waals surface area (Å²) in [6.45, 7) is 3.30. The van der Waals surface area contributed by atoms with Crippen LogP contribution in [-0.2, 0) is 25.5 Å². The van der Waals surface area contributed by atoms with E-state index in [4.69, 9.17) is 4.74 Å². The lowest BCUT2D eigenvalue weighted by Gasteiger charge is -2.41. The third kappa shape index (κ3) is 4.40. The largest absolute Gasteiger partial charge is 0.394 e.